The fourth-order valence-corrected chi connectivity index (χ4v) is 3.92. The summed E-state index contributed by atoms with van der Waals surface area (Å²) in [5.41, 5.74) is 1.12. The molecule has 0 radical (unpaired) electrons. The van der Waals surface area contributed by atoms with Crippen LogP contribution in [0.15, 0.2) is 18.2 Å². The first-order chi connectivity index (χ1) is 11.5. The summed E-state index contributed by atoms with van der Waals surface area (Å²) in [4.78, 5) is 35.3. The summed E-state index contributed by atoms with van der Waals surface area (Å²) >= 11 is 1.69. The number of piperidine rings is 1. The second kappa shape index (κ2) is 6.68. The van der Waals surface area contributed by atoms with E-state index in [-0.39, 0.29) is 23.2 Å². The number of pyridine rings is 1. The van der Waals surface area contributed by atoms with E-state index in [1.54, 1.807) is 28.4 Å². The maximum Gasteiger partial charge on any atom is 0.354 e. The van der Waals surface area contributed by atoms with Crippen LogP contribution in [0.2, 0.25) is 0 Å². The molecule has 1 saturated heterocycles. The van der Waals surface area contributed by atoms with Gasteiger partial charge in [0.25, 0.3) is 5.91 Å². The number of carbonyl (C=O) groups is 2. The van der Waals surface area contributed by atoms with Crippen LogP contribution in [0, 0.1) is 13.8 Å². The molecule has 0 aromatic carbocycles. The van der Waals surface area contributed by atoms with Gasteiger partial charge < -0.3 is 10.0 Å². The van der Waals surface area contributed by atoms with Crippen molar-refractivity contribution in [1.82, 2.24) is 14.9 Å². The molecule has 2 aromatic rings. The average Bonchev–Trinajstić information content (AvgIpc) is 2.93. The number of carboxylic acid groups (broad SMARTS) is 1. The van der Waals surface area contributed by atoms with Gasteiger partial charge in [-0.05, 0) is 38.8 Å². The van der Waals surface area contributed by atoms with Gasteiger partial charge in [-0.3, -0.25) is 4.79 Å². The number of carbonyl (C=O) groups excluding carboxylic acids is 1. The molecule has 0 bridgehead atoms. The number of carboxylic acids is 1. The Morgan fingerprint density at radius 1 is 1.25 bits per heavy atom. The van der Waals surface area contributed by atoms with E-state index < -0.39 is 5.97 Å². The van der Waals surface area contributed by atoms with Crippen molar-refractivity contribution in [3.63, 3.8) is 0 Å². The molecular weight excluding hydrogens is 326 g/mol. The standard InChI is InChI=1S/C17H19N3O3S/c1-10-11(2)24-15(18-10)12-5-4-8-20(9-12)16(21)13-6-3-7-14(19-13)17(22)23/h3,6-7,12H,4-5,8-9H2,1-2H3,(H,22,23). The van der Waals surface area contributed by atoms with Crippen molar-refractivity contribution in [3.05, 3.63) is 45.2 Å². The summed E-state index contributed by atoms with van der Waals surface area (Å²) < 4.78 is 0. The van der Waals surface area contributed by atoms with E-state index in [0.29, 0.717) is 13.1 Å². The lowest BCUT2D eigenvalue weighted by Crippen LogP contribution is -2.39. The van der Waals surface area contributed by atoms with Crippen LogP contribution in [0.3, 0.4) is 0 Å². The maximum absolute atomic E-state index is 12.7. The van der Waals surface area contributed by atoms with Gasteiger partial charge in [-0.25, -0.2) is 14.8 Å². The quantitative estimate of drug-likeness (QED) is 0.925. The van der Waals surface area contributed by atoms with Gasteiger partial charge in [0, 0.05) is 23.9 Å². The van der Waals surface area contributed by atoms with Crippen LogP contribution in [0.5, 0.6) is 0 Å². The zero-order valence-electron chi connectivity index (χ0n) is 13.7. The van der Waals surface area contributed by atoms with Gasteiger partial charge in [0.15, 0.2) is 0 Å². The third kappa shape index (κ3) is 3.31. The number of amides is 1. The molecule has 1 unspecified atom stereocenters. The van der Waals surface area contributed by atoms with Gasteiger partial charge in [-0.2, -0.15) is 0 Å². The summed E-state index contributed by atoms with van der Waals surface area (Å²) in [6, 6.07) is 4.51. The predicted molar refractivity (Wildman–Crippen MR) is 90.7 cm³/mol. The largest absolute Gasteiger partial charge is 0.477 e. The fourth-order valence-electron chi connectivity index (χ4n) is 2.87. The molecule has 1 aliphatic heterocycles. The van der Waals surface area contributed by atoms with Gasteiger partial charge in [-0.15, -0.1) is 11.3 Å². The highest BCUT2D eigenvalue weighted by molar-refractivity contribution is 7.11. The van der Waals surface area contributed by atoms with Crippen LogP contribution in [-0.2, 0) is 0 Å². The number of rotatable bonds is 3. The van der Waals surface area contributed by atoms with Crippen molar-refractivity contribution in [2.75, 3.05) is 13.1 Å². The van der Waals surface area contributed by atoms with E-state index in [0.717, 1.165) is 23.5 Å². The van der Waals surface area contributed by atoms with Crippen LogP contribution >= 0.6 is 11.3 Å². The molecular formula is C17H19N3O3S. The van der Waals surface area contributed by atoms with E-state index in [4.69, 9.17) is 5.11 Å². The minimum Gasteiger partial charge on any atom is -0.477 e. The molecule has 1 N–H and O–H groups in total. The SMILES string of the molecule is Cc1nc(C2CCCN(C(=O)c3cccc(C(=O)O)n3)C2)sc1C. The monoisotopic (exact) mass is 345 g/mol. The fraction of sp³-hybridized carbons (Fsp3) is 0.412. The summed E-state index contributed by atoms with van der Waals surface area (Å²) in [5.74, 6) is -1.11. The van der Waals surface area contributed by atoms with E-state index in [2.05, 4.69) is 16.9 Å². The van der Waals surface area contributed by atoms with Gasteiger partial charge in [0.1, 0.15) is 11.4 Å². The minimum absolute atomic E-state index is 0.111. The Labute approximate surface area is 144 Å². The zero-order chi connectivity index (χ0) is 17.3. The van der Waals surface area contributed by atoms with Crippen molar-refractivity contribution in [2.45, 2.75) is 32.6 Å². The van der Waals surface area contributed by atoms with Crippen molar-refractivity contribution in [1.29, 1.82) is 0 Å². The summed E-state index contributed by atoms with van der Waals surface area (Å²) in [5, 5.41) is 10.1. The smallest absolute Gasteiger partial charge is 0.354 e. The normalized spacial score (nSPS) is 17.8. The Balaban J connectivity index is 1.78. The van der Waals surface area contributed by atoms with Crippen LogP contribution in [0.4, 0.5) is 0 Å². The molecule has 1 aliphatic rings. The lowest BCUT2D eigenvalue weighted by atomic mass is 9.98. The number of nitrogens with zero attached hydrogens (tertiary/aromatic N) is 3. The Morgan fingerprint density at radius 2 is 2.00 bits per heavy atom. The first-order valence-electron chi connectivity index (χ1n) is 7.89. The number of aryl methyl sites for hydroxylation is 2. The third-order valence-electron chi connectivity index (χ3n) is 4.29. The van der Waals surface area contributed by atoms with Gasteiger partial charge in [0.05, 0.1) is 10.7 Å². The third-order valence-corrected chi connectivity index (χ3v) is 5.53. The van der Waals surface area contributed by atoms with E-state index in [1.165, 1.54) is 10.9 Å². The number of aromatic carboxylic acids is 1. The van der Waals surface area contributed by atoms with Gasteiger partial charge in [0.2, 0.25) is 0 Å². The highest BCUT2D eigenvalue weighted by atomic mass is 32.1. The first-order valence-corrected chi connectivity index (χ1v) is 8.71. The minimum atomic E-state index is -1.13. The molecule has 24 heavy (non-hydrogen) atoms. The van der Waals surface area contributed by atoms with Crippen molar-refractivity contribution in [3.8, 4) is 0 Å². The molecule has 1 amide bonds. The number of hydrogen-bond donors (Lipinski definition) is 1. The van der Waals surface area contributed by atoms with Crippen molar-refractivity contribution in [2.24, 2.45) is 0 Å². The molecule has 7 heteroatoms. The molecule has 0 aliphatic carbocycles. The highest BCUT2D eigenvalue weighted by Crippen LogP contribution is 2.31. The lowest BCUT2D eigenvalue weighted by Gasteiger charge is -2.31. The maximum atomic E-state index is 12.7. The Hall–Kier alpha value is -2.28. The molecule has 0 spiro atoms. The second-order valence-corrected chi connectivity index (χ2v) is 7.23. The van der Waals surface area contributed by atoms with Crippen LogP contribution < -0.4 is 0 Å². The number of thiazole rings is 1. The number of hydrogen-bond acceptors (Lipinski definition) is 5. The number of likely N-dealkylation sites (tertiary alicyclic amines) is 1. The molecule has 1 fully saturated rings. The molecule has 126 valence electrons. The van der Waals surface area contributed by atoms with E-state index in [9.17, 15) is 9.59 Å². The average molecular weight is 345 g/mol. The lowest BCUT2D eigenvalue weighted by molar-refractivity contribution is 0.0687. The second-order valence-electron chi connectivity index (χ2n) is 6.00. The highest BCUT2D eigenvalue weighted by Gasteiger charge is 2.28. The molecule has 1 atom stereocenters. The topological polar surface area (TPSA) is 83.4 Å². The summed E-state index contributed by atoms with van der Waals surface area (Å²) in [6.07, 6.45) is 1.92. The van der Waals surface area contributed by atoms with Crippen molar-refractivity contribution < 1.29 is 14.7 Å². The first kappa shape index (κ1) is 16.6. The van der Waals surface area contributed by atoms with E-state index in [1.807, 2.05) is 6.92 Å². The van der Waals surface area contributed by atoms with Crippen LogP contribution in [-0.4, -0.2) is 44.9 Å². The molecule has 0 saturated carbocycles. The predicted octanol–water partition coefficient (Wildman–Crippen LogP) is 2.87. The Morgan fingerprint density at radius 3 is 2.67 bits per heavy atom. The van der Waals surface area contributed by atoms with Crippen LogP contribution in [0.25, 0.3) is 0 Å². The molecule has 3 heterocycles. The van der Waals surface area contributed by atoms with Crippen molar-refractivity contribution >= 4 is 23.2 Å². The molecule has 2 aromatic heterocycles. The summed E-state index contributed by atoms with van der Waals surface area (Å²) in [6.45, 7) is 5.33. The molecule has 3 rings (SSSR count). The van der Waals surface area contributed by atoms with Gasteiger partial charge >= 0.3 is 5.97 Å². The summed E-state index contributed by atoms with van der Waals surface area (Å²) in [7, 11) is 0. The Kier molecular flexibility index (Phi) is 4.62. The zero-order valence-corrected chi connectivity index (χ0v) is 14.5. The van der Waals surface area contributed by atoms with E-state index >= 15 is 0 Å². The Bertz CT molecular complexity index is 768. The number of aromatic nitrogens is 2. The van der Waals surface area contributed by atoms with Gasteiger partial charge in [-0.1, -0.05) is 6.07 Å². The molecule has 6 nitrogen and oxygen atoms in total. The van der Waals surface area contributed by atoms with Crippen LogP contribution in [0.1, 0.15) is 55.3 Å².